The summed E-state index contributed by atoms with van der Waals surface area (Å²) in [5.74, 6) is 0. The van der Waals surface area contributed by atoms with Crippen LogP contribution in [0.25, 0.3) is 0 Å². The summed E-state index contributed by atoms with van der Waals surface area (Å²) in [4.78, 5) is 2.40. The molecule has 0 radical (unpaired) electrons. The molecule has 0 saturated carbocycles. The molecule has 0 heterocycles. The van der Waals surface area contributed by atoms with Crippen LogP contribution in [0.2, 0.25) is 0 Å². The van der Waals surface area contributed by atoms with Crippen molar-refractivity contribution in [3.8, 4) is 0 Å². The molecule has 0 unspecified atom stereocenters. The lowest BCUT2D eigenvalue weighted by Gasteiger charge is -2.20. The molecule has 0 saturated heterocycles. The minimum Gasteiger partial charge on any atom is -0.383 e. The Balaban J connectivity index is 2.40. The topological polar surface area (TPSA) is 24.5 Å². The second-order valence-electron chi connectivity index (χ2n) is 5.54. The van der Waals surface area contributed by atoms with Crippen LogP contribution in [-0.2, 0) is 17.7 Å². The Morgan fingerprint density at radius 1 is 1.15 bits per heavy atom. The summed E-state index contributed by atoms with van der Waals surface area (Å²) in [7, 11) is 1.76. The first kappa shape index (κ1) is 17.2. The highest BCUT2D eigenvalue weighted by atomic mass is 16.5. The minimum absolute atomic E-state index is 0.563. The van der Waals surface area contributed by atoms with Crippen molar-refractivity contribution in [2.24, 2.45) is 0 Å². The van der Waals surface area contributed by atoms with Gasteiger partial charge in [0.15, 0.2) is 0 Å². The summed E-state index contributed by atoms with van der Waals surface area (Å²) in [6, 6.07) is 9.57. The highest BCUT2D eigenvalue weighted by Gasteiger charge is 2.03. The molecule has 1 rings (SSSR count). The van der Waals surface area contributed by atoms with Crippen molar-refractivity contribution in [2.75, 3.05) is 33.4 Å². The van der Waals surface area contributed by atoms with Gasteiger partial charge >= 0.3 is 0 Å². The van der Waals surface area contributed by atoms with E-state index in [1.807, 2.05) is 0 Å². The van der Waals surface area contributed by atoms with Crippen LogP contribution in [0, 0.1) is 0 Å². The molecule has 0 fully saturated rings. The predicted octanol–water partition coefficient (Wildman–Crippen LogP) is 2.70. The summed E-state index contributed by atoms with van der Waals surface area (Å²) in [6.07, 6.45) is 1.10. The third kappa shape index (κ3) is 7.04. The number of nitrogens with one attached hydrogen (secondary N) is 1. The van der Waals surface area contributed by atoms with Crippen LogP contribution in [0.3, 0.4) is 0 Å². The largest absolute Gasteiger partial charge is 0.383 e. The third-order valence-corrected chi connectivity index (χ3v) is 3.45. The van der Waals surface area contributed by atoms with Crippen LogP contribution < -0.4 is 5.32 Å². The maximum atomic E-state index is 5.15. The van der Waals surface area contributed by atoms with Crippen LogP contribution in [0.15, 0.2) is 24.3 Å². The maximum absolute atomic E-state index is 5.15. The molecule has 0 atom stereocenters. The van der Waals surface area contributed by atoms with Gasteiger partial charge in [0.05, 0.1) is 6.61 Å². The Morgan fingerprint density at radius 2 is 1.80 bits per heavy atom. The predicted molar refractivity (Wildman–Crippen MR) is 86.1 cm³/mol. The molecule has 1 aromatic carbocycles. The Hall–Kier alpha value is -0.900. The van der Waals surface area contributed by atoms with Gasteiger partial charge in [0.25, 0.3) is 0 Å². The molecule has 0 aromatic heterocycles. The van der Waals surface area contributed by atoms with E-state index < -0.39 is 0 Å². The van der Waals surface area contributed by atoms with Gasteiger partial charge in [-0.15, -0.1) is 0 Å². The Morgan fingerprint density at radius 3 is 2.35 bits per heavy atom. The van der Waals surface area contributed by atoms with E-state index in [0.717, 1.165) is 39.2 Å². The van der Waals surface area contributed by atoms with E-state index in [0.29, 0.717) is 6.04 Å². The molecule has 0 aliphatic rings. The number of rotatable bonds is 10. The summed E-state index contributed by atoms with van der Waals surface area (Å²) in [6.45, 7) is 11.5. The standard InChI is InChI=1S/C17H30N2O/c1-5-19(12-13-20-4)14-17-8-6-16(7-9-17)10-11-18-15(2)3/h6-9,15,18H,5,10-14H2,1-4H3. The molecule has 0 amide bonds. The van der Waals surface area contributed by atoms with Crippen molar-refractivity contribution in [1.82, 2.24) is 10.2 Å². The summed E-state index contributed by atoms with van der Waals surface area (Å²) in [5, 5.41) is 3.45. The zero-order valence-electron chi connectivity index (χ0n) is 13.5. The van der Waals surface area contributed by atoms with E-state index in [9.17, 15) is 0 Å². The van der Waals surface area contributed by atoms with Crippen molar-refractivity contribution < 1.29 is 4.74 Å². The van der Waals surface area contributed by atoms with Gasteiger partial charge in [0, 0.05) is 26.2 Å². The number of likely N-dealkylation sites (N-methyl/N-ethyl adjacent to an activating group) is 1. The lowest BCUT2D eigenvalue weighted by atomic mass is 10.1. The molecule has 0 bridgehead atoms. The molecular formula is C17H30N2O. The van der Waals surface area contributed by atoms with Crippen molar-refractivity contribution >= 4 is 0 Å². The second kappa shape index (κ2) is 9.92. The van der Waals surface area contributed by atoms with E-state index in [-0.39, 0.29) is 0 Å². The first-order valence-electron chi connectivity index (χ1n) is 7.68. The molecule has 114 valence electrons. The highest BCUT2D eigenvalue weighted by Crippen LogP contribution is 2.08. The molecule has 3 heteroatoms. The van der Waals surface area contributed by atoms with Crippen molar-refractivity contribution in [3.63, 3.8) is 0 Å². The minimum atomic E-state index is 0.563. The van der Waals surface area contributed by atoms with E-state index >= 15 is 0 Å². The van der Waals surface area contributed by atoms with Crippen molar-refractivity contribution in [2.45, 2.75) is 39.8 Å². The normalized spacial score (nSPS) is 11.5. The van der Waals surface area contributed by atoms with Crippen LogP contribution in [-0.4, -0.2) is 44.3 Å². The molecule has 0 aliphatic heterocycles. The van der Waals surface area contributed by atoms with Crippen LogP contribution in [0.5, 0.6) is 0 Å². The summed E-state index contributed by atoms with van der Waals surface area (Å²) in [5.41, 5.74) is 2.78. The highest BCUT2D eigenvalue weighted by molar-refractivity contribution is 5.22. The van der Waals surface area contributed by atoms with Crippen LogP contribution >= 0.6 is 0 Å². The molecular weight excluding hydrogens is 248 g/mol. The zero-order chi connectivity index (χ0) is 14.8. The van der Waals surface area contributed by atoms with Gasteiger partial charge in [-0.2, -0.15) is 0 Å². The fourth-order valence-corrected chi connectivity index (χ4v) is 2.14. The molecule has 1 N–H and O–H groups in total. The van der Waals surface area contributed by atoms with Gasteiger partial charge in [0.1, 0.15) is 0 Å². The molecule has 3 nitrogen and oxygen atoms in total. The number of ether oxygens (including phenoxy) is 1. The van der Waals surface area contributed by atoms with Gasteiger partial charge in [0.2, 0.25) is 0 Å². The number of hydrogen-bond donors (Lipinski definition) is 1. The molecule has 0 spiro atoms. The van der Waals surface area contributed by atoms with Gasteiger partial charge in [-0.25, -0.2) is 0 Å². The van der Waals surface area contributed by atoms with E-state index in [1.165, 1.54) is 11.1 Å². The van der Waals surface area contributed by atoms with Gasteiger partial charge < -0.3 is 10.1 Å². The van der Waals surface area contributed by atoms with Crippen LogP contribution in [0.1, 0.15) is 31.9 Å². The van der Waals surface area contributed by atoms with E-state index in [1.54, 1.807) is 7.11 Å². The van der Waals surface area contributed by atoms with E-state index in [2.05, 4.69) is 55.3 Å². The average Bonchev–Trinajstić information content (AvgIpc) is 2.44. The Labute approximate surface area is 124 Å². The van der Waals surface area contributed by atoms with Gasteiger partial charge in [-0.3, -0.25) is 4.90 Å². The third-order valence-electron chi connectivity index (χ3n) is 3.45. The van der Waals surface area contributed by atoms with Crippen molar-refractivity contribution in [1.29, 1.82) is 0 Å². The maximum Gasteiger partial charge on any atom is 0.0589 e. The lowest BCUT2D eigenvalue weighted by Crippen LogP contribution is -2.26. The van der Waals surface area contributed by atoms with Gasteiger partial charge in [-0.05, 0) is 30.6 Å². The van der Waals surface area contributed by atoms with Gasteiger partial charge in [-0.1, -0.05) is 45.0 Å². The van der Waals surface area contributed by atoms with E-state index in [4.69, 9.17) is 4.74 Å². The summed E-state index contributed by atoms with van der Waals surface area (Å²) >= 11 is 0. The molecule has 0 aliphatic carbocycles. The SMILES string of the molecule is CCN(CCOC)Cc1ccc(CCNC(C)C)cc1. The Bertz CT molecular complexity index is 349. The first-order chi connectivity index (χ1) is 9.65. The number of benzene rings is 1. The fraction of sp³-hybridized carbons (Fsp3) is 0.647. The quantitative estimate of drug-likeness (QED) is 0.712. The summed E-state index contributed by atoms with van der Waals surface area (Å²) < 4.78 is 5.15. The smallest absolute Gasteiger partial charge is 0.0589 e. The van der Waals surface area contributed by atoms with Crippen LogP contribution in [0.4, 0.5) is 0 Å². The lowest BCUT2D eigenvalue weighted by molar-refractivity contribution is 0.147. The van der Waals surface area contributed by atoms with Crippen molar-refractivity contribution in [3.05, 3.63) is 35.4 Å². The monoisotopic (exact) mass is 278 g/mol. The number of hydrogen-bond acceptors (Lipinski definition) is 3. The number of methoxy groups -OCH3 is 1. The number of nitrogens with zero attached hydrogens (tertiary/aromatic N) is 1. The first-order valence-corrected chi connectivity index (χ1v) is 7.68. The average molecular weight is 278 g/mol. The molecule has 20 heavy (non-hydrogen) atoms. The fourth-order valence-electron chi connectivity index (χ4n) is 2.14. The Kier molecular flexibility index (Phi) is 8.51. The second-order valence-corrected chi connectivity index (χ2v) is 5.54. The zero-order valence-corrected chi connectivity index (χ0v) is 13.5. The molecule has 1 aromatic rings.